The van der Waals surface area contributed by atoms with Gasteiger partial charge in [-0.05, 0) is 67.4 Å². The van der Waals surface area contributed by atoms with Crippen LogP contribution in [0.5, 0.6) is 5.75 Å². The zero-order valence-electron chi connectivity index (χ0n) is 17.0. The Hall–Kier alpha value is -3.93. The van der Waals surface area contributed by atoms with Crippen LogP contribution in [-0.2, 0) is 0 Å². The van der Waals surface area contributed by atoms with Crippen molar-refractivity contribution >= 4 is 16.8 Å². The van der Waals surface area contributed by atoms with Crippen molar-refractivity contribution in [2.45, 2.75) is 13.8 Å². The SMILES string of the molecule is COc1ccc(C(=O)Nn2c(-c3ccc(C)c(C)c3)nc3ccccc3c2=O)cc1. The lowest BCUT2D eigenvalue weighted by Crippen LogP contribution is -2.35. The molecule has 0 bridgehead atoms. The Morgan fingerprint density at radius 1 is 0.967 bits per heavy atom. The van der Waals surface area contributed by atoms with Crippen LogP contribution in [0.2, 0.25) is 0 Å². The van der Waals surface area contributed by atoms with Crippen LogP contribution >= 0.6 is 0 Å². The fraction of sp³-hybridized carbons (Fsp3) is 0.125. The van der Waals surface area contributed by atoms with Crippen molar-refractivity contribution in [3.05, 3.63) is 93.8 Å². The fourth-order valence-corrected chi connectivity index (χ4v) is 3.22. The number of ether oxygens (including phenoxy) is 1. The number of amides is 1. The van der Waals surface area contributed by atoms with Crippen LogP contribution in [0.4, 0.5) is 0 Å². The summed E-state index contributed by atoms with van der Waals surface area (Å²) in [6.07, 6.45) is 0. The van der Waals surface area contributed by atoms with Crippen molar-refractivity contribution < 1.29 is 9.53 Å². The summed E-state index contributed by atoms with van der Waals surface area (Å²) in [6, 6.07) is 19.6. The maximum Gasteiger partial charge on any atom is 0.280 e. The Labute approximate surface area is 173 Å². The van der Waals surface area contributed by atoms with Crippen LogP contribution in [0, 0.1) is 13.8 Å². The third-order valence-electron chi connectivity index (χ3n) is 5.11. The van der Waals surface area contributed by atoms with Crippen LogP contribution in [-0.4, -0.2) is 22.7 Å². The first kappa shape index (κ1) is 19.4. The van der Waals surface area contributed by atoms with Crippen molar-refractivity contribution in [2.75, 3.05) is 12.5 Å². The van der Waals surface area contributed by atoms with Gasteiger partial charge in [0.05, 0.1) is 18.0 Å². The first-order valence-electron chi connectivity index (χ1n) is 9.53. The van der Waals surface area contributed by atoms with E-state index in [-0.39, 0.29) is 5.56 Å². The summed E-state index contributed by atoms with van der Waals surface area (Å²) < 4.78 is 6.36. The topological polar surface area (TPSA) is 73.2 Å². The van der Waals surface area contributed by atoms with E-state index < -0.39 is 5.91 Å². The lowest BCUT2D eigenvalue weighted by molar-refractivity contribution is 0.101. The van der Waals surface area contributed by atoms with Crippen LogP contribution < -0.4 is 15.7 Å². The van der Waals surface area contributed by atoms with Gasteiger partial charge in [-0.1, -0.05) is 24.3 Å². The summed E-state index contributed by atoms with van der Waals surface area (Å²) >= 11 is 0. The number of carbonyl (C=O) groups excluding carboxylic acids is 1. The third kappa shape index (κ3) is 3.55. The van der Waals surface area contributed by atoms with E-state index in [1.54, 1.807) is 49.6 Å². The smallest absolute Gasteiger partial charge is 0.280 e. The molecular formula is C24H21N3O3. The number of para-hydroxylation sites is 1. The van der Waals surface area contributed by atoms with E-state index in [0.717, 1.165) is 16.7 Å². The lowest BCUT2D eigenvalue weighted by Gasteiger charge is -2.15. The van der Waals surface area contributed by atoms with E-state index >= 15 is 0 Å². The molecule has 0 saturated carbocycles. The van der Waals surface area contributed by atoms with Gasteiger partial charge in [0.25, 0.3) is 11.5 Å². The standard InChI is InChI=1S/C24H21N3O3/c1-15-8-9-18(14-16(15)2)22-25-21-7-5-4-6-20(21)24(29)27(22)26-23(28)17-10-12-19(30-3)13-11-17/h4-14H,1-3H3,(H,26,28). The Balaban J connectivity index is 1.86. The first-order valence-corrected chi connectivity index (χ1v) is 9.53. The van der Waals surface area contributed by atoms with Gasteiger partial charge in [-0.2, -0.15) is 4.68 Å². The summed E-state index contributed by atoms with van der Waals surface area (Å²) in [5.41, 5.74) is 6.31. The molecule has 0 spiro atoms. The number of benzene rings is 3. The number of aromatic nitrogens is 2. The van der Waals surface area contributed by atoms with Crippen molar-refractivity contribution in [1.29, 1.82) is 0 Å². The summed E-state index contributed by atoms with van der Waals surface area (Å²) in [6.45, 7) is 4.02. The summed E-state index contributed by atoms with van der Waals surface area (Å²) in [5.74, 6) is 0.609. The van der Waals surface area contributed by atoms with Crippen molar-refractivity contribution in [1.82, 2.24) is 9.66 Å². The maximum atomic E-state index is 13.2. The van der Waals surface area contributed by atoms with Crippen LogP contribution in [0.3, 0.4) is 0 Å². The van der Waals surface area contributed by atoms with Gasteiger partial charge < -0.3 is 4.74 Å². The summed E-state index contributed by atoms with van der Waals surface area (Å²) in [5, 5.41) is 0.431. The number of nitrogens with zero attached hydrogens (tertiary/aromatic N) is 2. The molecule has 4 aromatic rings. The number of nitrogens with one attached hydrogen (secondary N) is 1. The largest absolute Gasteiger partial charge is 0.497 e. The zero-order valence-corrected chi connectivity index (χ0v) is 17.0. The second kappa shape index (κ2) is 7.83. The molecule has 0 fully saturated rings. The monoisotopic (exact) mass is 399 g/mol. The highest BCUT2D eigenvalue weighted by atomic mass is 16.5. The minimum atomic E-state index is -0.415. The molecule has 150 valence electrons. The van der Waals surface area contributed by atoms with E-state index in [2.05, 4.69) is 10.4 Å². The minimum Gasteiger partial charge on any atom is -0.497 e. The second-order valence-corrected chi connectivity index (χ2v) is 7.06. The number of carbonyl (C=O) groups is 1. The molecule has 3 aromatic carbocycles. The number of hydrogen-bond acceptors (Lipinski definition) is 4. The highest BCUT2D eigenvalue weighted by molar-refractivity contribution is 6.00. The molecule has 1 aromatic heterocycles. The van der Waals surface area contributed by atoms with E-state index in [4.69, 9.17) is 4.74 Å². The lowest BCUT2D eigenvalue weighted by atomic mass is 10.1. The molecule has 6 heteroatoms. The highest BCUT2D eigenvalue weighted by Gasteiger charge is 2.16. The number of fused-ring (bicyclic) bond motifs is 1. The average molecular weight is 399 g/mol. The Kier molecular flexibility index (Phi) is 5.06. The molecule has 0 atom stereocenters. The molecular weight excluding hydrogens is 378 g/mol. The molecule has 0 aliphatic heterocycles. The molecule has 0 unspecified atom stereocenters. The van der Waals surface area contributed by atoms with Gasteiger partial charge in [0.1, 0.15) is 5.75 Å². The molecule has 1 amide bonds. The Morgan fingerprint density at radius 2 is 1.70 bits per heavy atom. The number of hydrogen-bond donors (Lipinski definition) is 1. The molecule has 0 aliphatic rings. The van der Waals surface area contributed by atoms with E-state index in [1.807, 2.05) is 38.1 Å². The molecule has 0 saturated heterocycles. The van der Waals surface area contributed by atoms with Crippen molar-refractivity contribution in [3.8, 4) is 17.1 Å². The summed E-state index contributed by atoms with van der Waals surface area (Å²) in [7, 11) is 1.56. The van der Waals surface area contributed by atoms with Gasteiger partial charge in [-0.25, -0.2) is 4.98 Å². The molecule has 4 rings (SSSR count). The Morgan fingerprint density at radius 3 is 2.40 bits per heavy atom. The van der Waals surface area contributed by atoms with Gasteiger partial charge >= 0.3 is 0 Å². The highest BCUT2D eigenvalue weighted by Crippen LogP contribution is 2.21. The molecule has 0 aliphatic carbocycles. The fourth-order valence-electron chi connectivity index (χ4n) is 3.22. The summed E-state index contributed by atoms with van der Waals surface area (Å²) in [4.78, 5) is 30.8. The predicted molar refractivity (Wildman–Crippen MR) is 118 cm³/mol. The zero-order chi connectivity index (χ0) is 21.3. The van der Waals surface area contributed by atoms with Crippen molar-refractivity contribution in [2.24, 2.45) is 0 Å². The van der Waals surface area contributed by atoms with Gasteiger partial charge in [-0.15, -0.1) is 0 Å². The van der Waals surface area contributed by atoms with Crippen molar-refractivity contribution in [3.63, 3.8) is 0 Å². The van der Waals surface area contributed by atoms with Gasteiger partial charge in [0.15, 0.2) is 5.82 Å². The minimum absolute atomic E-state index is 0.337. The van der Waals surface area contributed by atoms with Crippen LogP contribution in [0.15, 0.2) is 71.5 Å². The maximum absolute atomic E-state index is 13.2. The predicted octanol–water partition coefficient (Wildman–Crippen LogP) is 4.07. The first-order chi connectivity index (χ1) is 14.5. The molecule has 1 N–H and O–H groups in total. The van der Waals surface area contributed by atoms with Gasteiger partial charge in [-0.3, -0.25) is 15.0 Å². The van der Waals surface area contributed by atoms with E-state index in [1.165, 1.54) is 4.68 Å². The van der Waals surface area contributed by atoms with Gasteiger partial charge in [0.2, 0.25) is 0 Å². The normalized spacial score (nSPS) is 10.8. The number of aryl methyl sites for hydroxylation is 2. The van der Waals surface area contributed by atoms with Crippen LogP contribution in [0.25, 0.3) is 22.3 Å². The molecule has 1 heterocycles. The second-order valence-electron chi connectivity index (χ2n) is 7.06. The average Bonchev–Trinajstić information content (AvgIpc) is 2.77. The molecule has 0 radical (unpaired) electrons. The van der Waals surface area contributed by atoms with E-state index in [0.29, 0.717) is 28.0 Å². The molecule has 30 heavy (non-hydrogen) atoms. The number of methoxy groups -OCH3 is 1. The quantitative estimate of drug-likeness (QED) is 0.561. The van der Waals surface area contributed by atoms with E-state index in [9.17, 15) is 9.59 Å². The van der Waals surface area contributed by atoms with Crippen LogP contribution in [0.1, 0.15) is 21.5 Å². The number of rotatable bonds is 4. The molecule has 6 nitrogen and oxygen atoms in total. The van der Waals surface area contributed by atoms with Gasteiger partial charge in [0, 0.05) is 11.1 Å². The third-order valence-corrected chi connectivity index (χ3v) is 5.11. The Bertz CT molecular complexity index is 1310.